The molecule has 2 fully saturated rings. The Morgan fingerprint density at radius 3 is 1.52 bits per heavy atom. The highest BCUT2D eigenvalue weighted by atomic mass is 16.7. The van der Waals surface area contributed by atoms with Crippen molar-refractivity contribution < 1.29 is 73.8 Å². The van der Waals surface area contributed by atoms with Crippen LogP contribution in [0.4, 0.5) is 0 Å². The van der Waals surface area contributed by atoms with E-state index in [1.165, 1.54) is 38.5 Å². The van der Waals surface area contributed by atoms with E-state index in [1.807, 2.05) is 0 Å². The van der Waals surface area contributed by atoms with Gasteiger partial charge in [0.15, 0.2) is 18.7 Å². The van der Waals surface area contributed by atoms with Crippen LogP contribution in [0, 0.1) is 0 Å². The van der Waals surface area contributed by atoms with Gasteiger partial charge in [-0.15, -0.1) is 0 Å². The van der Waals surface area contributed by atoms with Crippen LogP contribution in [0.2, 0.25) is 0 Å². The molecule has 0 radical (unpaired) electrons. The Kier molecular flexibility index (Phi) is 34.6. The smallest absolute Gasteiger partial charge is 0.306 e. The average Bonchev–Trinajstić information content (AvgIpc) is 3.31. The van der Waals surface area contributed by atoms with Gasteiger partial charge in [-0.05, 0) is 70.6 Å². The molecule has 7 N–H and O–H groups in total. The maximum Gasteiger partial charge on any atom is 0.306 e. The number of hydrogen-bond acceptors (Lipinski definition) is 15. The highest BCUT2D eigenvalue weighted by molar-refractivity contribution is 5.70. The molecule has 2 rings (SSSR count). The lowest BCUT2D eigenvalue weighted by atomic mass is 9.98. The SMILES string of the molecule is CC/C=C\C/C=C\C/C=C\CCCCCCCC(=O)OCC(CO[C@@H]1O[C@H](CO[C@H]2O[C@H](CO)[C@H](O)[C@H](O)[C@H]2O)[C@H](O)[C@H](O)[C@H]1O)OC(=O)CCCCCCC/C=C/CCCCCCCC. The minimum Gasteiger partial charge on any atom is -0.462 e. The lowest BCUT2D eigenvalue weighted by Gasteiger charge is -2.42. The predicted octanol–water partition coefficient (Wildman–Crippen LogP) is 6.71. The maximum absolute atomic E-state index is 13.0. The molecule has 382 valence electrons. The minimum atomic E-state index is -1.77. The van der Waals surface area contributed by atoms with Crippen LogP contribution in [0.15, 0.2) is 48.6 Å². The number of hydrogen-bond donors (Lipinski definition) is 7. The first-order valence-electron chi connectivity index (χ1n) is 25.2. The predicted molar refractivity (Wildman–Crippen MR) is 252 cm³/mol. The summed E-state index contributed by atoms with van der Waals surface area (Å²) in [6, 6.07) is 0. The summed E-state index contributed by atoms with van der Waals surface area (Å²) < 4.78 is 33.5. The largest absolute Gasteiger partial charge is 0.462 e. The third-order valence-corrected chi connectivity index (χ3v) is 11.8. The summed E-state index contributed by atoms with van der Waals surface area (Å²) in [5.74, 6) is -0.956. The van der Waals surface area contributed by atoms with Gasteiger partial charge in [0.2, 0.25) is 0 Å². The molecule has 11 atom stereocenters. The Bertz CT molecular complexity index is 1340. The highest BCUT2D eigenvalue weighted by Gasteiger charge is 2.47. The fourth-order valence-electron chi connectivity index (χ4n) is 7.64. The third kappa shape index (κ3) is 26.3. The summed E-state index contributed by atoms with van der Waals surface area (Å²) in [7, 11) is 0. The van der Waals surface area contributed by atoms with Gasteiger partial charge in [-0.2, -0.15) is 0 Å². The van der Waals surface area contributed by atoms with E-state index in [2.05, 4.69) is 62.5 Å². The molecule has 0 spiro atoms. The first-order valence-corrected chi connectivity index (χ1v) is 25.2. The lowest BCUT2D eigenvalue weighted by Crippen LogP contribution is -2.61. The highest BCUT2D eigenvalue weighted by Crippen LogP contribution is 2.26. The molecule has 0 saturated carbocycles. The number of carbonyl (C=O) groups excluding carboxylic acids is 2. The van der Waals surface area contributed by atoms with Crippen molar-refractivity contribution in [1.29, 1.82) is 0 Å². The third-order valence-electron chi connectivity index (χ3n) is 11.8. The second-order valence-electron chi connectivity index (χ2n) is 17.6. The summed E-state index contributed by atoms with van der Waals surface area (Å²) in [4.78, 5) is 25.7. The number of allylic oxidation sites excluding steroid dienone is 8. The van der Waals surface area contributed by atoms with Gasteiger partial charge in [0.25, 0.3) is 0 Å². The van der Waals surface area contributed by atoms with Crippen molar-refractivity contribution in [2.75, 3.05) is 26.4 Å². The Hall–Kier alpha value is -2.54. The molecule has 66 heavy (non-hydrogen) atoms. The molecule has 0 amide bonds. The van der Waals surface area contributed by atoms with E-state index >= 15 is 0 Å². The number of rotatable bonds is 38. The number of aliphatic hydroxyl groups is 7. The zero-order chi connectivity index (χ0) is 48.2. The van der Waals surface area contributed by atoms with Gasteiger partial charge >= 0.3 is 11.9 Å². The number of carbonyl (C=O) groups is 2. The van der Waals surface area contributed by atoms with Crippen LogP contribution in [0.5, 0.6) is 0 Å². The van der Waals surface area contributed by atoms with Crippen LogP contribution in [0.25, 0.3) is 0 Å². The molecule has 0 aliphatic carbocycles. The minimum absolute atomic E-state index is 0.150. The molecule has 15 heteroatoms. The molecule has 2 saturated heterocycles. The average molecular weight is 941 g/mol. The number of ether oxygens (including phenoxy) is 6. The van der Waals surface area contributed by atoms with Gasteiger partial charge in [-0.25, -0.2) is 0 Å². The molecular weight excluding hydrogens is 853 g/mol. The number of unbranched alkanes of at least 4 members (excludes halogenated alkanes) is 16. The van der Waals surface area contributed by atoms with Crippen LogP contribution >= 0.6 is 0 Å². The van der Waals surface area contributed by atoms with Crippen molar-refractivity contribution in [3.63, 3.8) is 0 Å². The van der Waals surface area contributed by atoms with Gasteiger partial charge in [0.1, 0.15) is 55.4 Å². The molecule has 0 aromatic rings. The Balaban J connectivity index is 1.83. The summed E-state index contributed by atoms with van der Waals surface area (Å²) in [6.45, 7) is 2.44. The fourth-order valence-corrected chi connectivity index (χ4v) is 7.64. The summed E-state index contributed by atoms with van der Waals surface area (Å²) in [5, 5.41) is 72.0. The van der Waals surface area contributed by atoms with E-state index < -0.39 is 99.3 Å². The first kappa shape index (κ1) is 59.6. The summed E-state index contributed by atoms with van der Waals surface area (Å²) >= 11 is 0. The molecule has 2 heterocycles. The zero-order valence-electron chi connectivity index (χ0n) is 40.2. The first-order chi connectivity index (χ1) is 32.0. The van der Waals surface area contributed by atoms with Crippen molar-refractivity contribution in [2.45, 2.75) is 235 Å². The number of aliphatic hydroxyl groups excluding tert-OH is 7. The van der Waals surface area contributed by atoms with Crippen molar-refractivity contribution in [1.82, 2.24) is 0 Å². The number of esters is 2. The van der Waals surface area contributed by atoms with Crippen molar-refractivity contribution in [2.24, 2.45) is 0 Å². The molecule has 0 aromatic carbocycles. The van der Waals surface area contributed by atoms with Crippen LogP contribution < -0.4 is 0 Å². The second kappa shape index (κ2) is 38.3. The van der Waals surface area contributed by atoms with E-state index in [9.17, 15) is 45.3 Å². The van der Waals surface area contributed by atoms with Crippen molar-refractivity contribution in [3.05, 3.63) is 48.6 Å². The normalized spacial score (nSPS) is 26.6. The van der Waals surface area contributed by atoms with Crippen molar-refractivity contribution in [3.8, 4) is 0 Å². The Morgan fingerprint density at radius 2 is 0.955 bits per heavy atom. The Labute approximate surface area is 395 Å². The fraction of sp³-hybridized carbons (Fsp3) is 0.804. The van der Waals surface area contributed by atoms with Crippen molar-refractivity contribution >= 4 is 11.9 Å². The van der Waals surface area contributed by atoms with Crippen LogP contribution in [0.3, 0.4) is 0 Å². The summed E-state index contributed by atoms with van der Waals surface area (Å²) in [5.41, 5.74) is 0. The lowest BCUT2D eigenvalue weighted by molar-refractivity contribution is -0.332. The molecule has 0 aromatic heterocycles. The van der Waals surface area contributed by atoms with Crippen LogP contribution in [0.1, 0.15) is 168 Å². The van der Waals surface area contributed by atoms with Gasteiger partial charge in [0, 0.05) is 12.8 Å². The van der Waals surface area contributed by atoms with E-state index in [-0.39, 0.29) is 19.4 Å². The molecule has 15 nitrogen and oxygen atoms in total. The zero-order valence-corrected chi connectivity index (χ0v) is 40.2. The second-order valence-corrected chi connectivity index (χ2v) is 17.6. The van der Waals surface area contributed by atoms with Gasteiger partial charge in [-0.3, -0.25) is 9.59 Å². The standard InChI is InChI=1S/C51H88O15/c1-3-5-7-9-11-13-15-17-19-21-23-25-27-29-31-33-42(53)61-36-39(64-43(54)34-32-30-28-26-24-22-20-18-16-14-12-10-8-6-4-2)37-62-50-49(60)47(58)45(56)41(66-50)38-63-51-48(59)46(57)44(55)40(35-52)65-51/h5,7,11,13,17-20,39-41,44-52,55-60H,3-4,6,8-10,12,14-16,21-38H2,1-2H3/b7-5-,13-11-,19-17-,20-18+/t39?,40-,41-,44+,45+,46+,47+,48-,49-,50-,51+/m1/s1. The maximum atomic E-state index is 13.0. The molecule has 2 aliphatic heterocycles. The van der Waals surface area contributed by atoms with E-state index in [0.717, 1.165) is 89.9 Å². The summed E-state index contributed by atoms with van der Waals surface area (Å²) in [6.07, 6.45) is 24.2. The van der Waals surface area contributed by atoms with E-state index in [4.69, 9.17) is 28.4 Å². The van der Waals surface area contributed by atoms with E-state index in [1.54, 1.807) is 0 Å². The van der Waals surface area contributed by atoms with Crippen LogP contribution in [-0.4, -0.2) is 142 Å². The molecular formula is C51H88O15. The Morgan fingerprint density at radius 1 is 0.500 bits per heavy atom. The molecule has 2 aliphatic rings. The quantitative estimate of drug-likeness (QED) is 0.0194. The van der Waals surface area contributed by atoms with Gasteiger partial charge in [0.05, 0.1) is 19.8 Å². The van der Waals surface area contributed by atoms with Gasteiger partial charge in [-0.1, -0.05) is 133 Å². The van der Waals surface area contributed by atoms with E-state index in [0.29, 0.717) is 12.8 Å². The molecule has 1 unspecified atom stereocenters. The van der Waals surface area contributed by atoms with Gasteiger partial charge < -0.3 is 64.2 Å². The van der Waals surface area contributed by atoms with Crippen LogP contribution in [-0.2, 0) is 38.0 Å². The molecule has 0 bridgehead atoms. The monoisotopic (exact) mass is 941 g/mol. The topological polar surface area (TPSA) is 231 Å².